The fourth-order valence-corrected chi connectivity index (χ4v) is 4.76. The van der Waals surface area contributed by atoms with Crippen molar-refractivity contribution in [3.05, 3.63) is 54.0 Å². The number of piperidine rings is 2. The summed E-state index contributed by atoms with van der Waals surface area (Å²) in [4.78, 5) is 29.7. The summed E-state index contributed by atoms with van der Waals surface area (Å²) >= 11 is 0. The highest BCUT2D eigenvalue weighted by Gasteiger charge is 2.30. The molecule has 2 amide bonds. The number of furan rings is 1. The number of carbonyl (C=O) groups excluding carboxylic acids is 2. The summed E-state index contributed by atoms with van der Waals surface area (Å²) in [6.07, 6.45) is 6.53. The van der Waals surface area contributed by atoms with Crippen molar-refractivity contribution in [3.63, 3.8) is 0 Å². The summed E-state index contributed by atoms with van der Waals surface area (Å²) in [6.45, 7) is 3.85. The van der Waals surface area contributed by atoms with Gasteiger partial charge in [0.1, 0.15) is 5.75 Å². The molecule has 0 unspecified atom stereocenters. The lowest BCUT2D eigenvalue weighted by atomic mass is 9.95. The van der Waals surface area contributed by atoms with Gasteiger partial charge in [-0.2, -0.15) is 0 Å². The Hall–Kier alpha value is -2.80. The lowest BCUT2D eigenvalue weighted by molar-refractivity contribution is -0.126. The van der Waals surface area contributed by atoms with Crippen molar-refractivity contribution in [1.82, 2.24) is 15.1 Å². The minimum atomic E-state index is -0.0986. The molecule has 1 aromatic heterocycles. The number of hydrogen-bond donors (Lipinski definition) is 1. The van der Waals surface area contributed by atoms with Crippen LogP contribution < -0.4 is 10.1 Å². The third kappa shape index (κ3) is 5.33. The summed E-state index contributed by atoms with van der Waals surface area (Å²) < 4.78 is 10.5. The minimum absolute atomic E-state index is 0.0616. The molecule has 2 saturated heterocycles. The van der Waals surface area contributed by atoms with Crippen LogP contribution in [0.3, 0.4) is 0 Å². The Morgan fingerprint density at radius 1 is 1.06 bits per heavy atom. The number of nitrogens with one attached hydrogen (secondary N) is 1. The summed E-state index contributed by atoms with van der Waals surface area (Å²) in [7, 11) is 1.67. The number of benzene rings is 1. The zero-order valence-electron chi connectivity index (χ0n) is 18.8. The third-order valence-electron chi connectivity index (χ3n) is 6.69. The third-order valence-corrected chi connectivity index (χ3v) is 6.69. The Bertz CT molecular complexity index is 867. The minimum Gasteiger partial charge on any atom is -0.497 e. The molecule has 0 saturated carbocycles. The largest absolute Gasteiger partial charge is 0.497 e. The molecule has 1 aromatic carbocycles. The normalized spacial score (nSPS) is 18.8. The van der Waals surface area contributed by atoms with Gasteiger partial charge in [0.05, 0.1) is 19.4 Å². The van der Waals surface area contributed by atoms with Gasteiger partial charge >= 0.3 is 0 Å². The molecule has 172 valence electrons. The molecule has 4 rings (SSSR count). The Balaban J connectivity index is 1.33. The van der Waals surface area contributed by atoms with Crippen molar-refractivity contribution >= 4 is 11.8 Å². The standard InChI is InChI=1S/C25H33N3O4/c1-31-21-9-7-19(8-10-21)22(27-13-3-2-4-14-27)18-26-24(29)20-11-15-28(16-12-20)25(30)23-6-5-17-32-23/h5-10,17,20,22H,2-4,11-16,18H2,1H3,(H,26,29)/t22-/m0/s1. The van der Waals surface area contributed by atoms with Gasteiger partial charge in [0, 0.05) is 25.6 Å². The van der Waals surface area contributed by atoms with Crippen LogP contribution in [0.5, 0.6) is 5.75 Å². The number of ether oxygens (including phenoxy) is 1. The summed E-state index contributed by atoms with van der Waals surface area (Å²) in [5.41, 5.74) is 1.20. The van der Waals surface area contributed by atoms with Crippen LogP contribution in [-0.4, -0.2) is 61.4 Å². The highest BCUT2D eigenvalue weighted by Crippen LogP contribution is 2.26. The molecule has 2 fully saturated rings. The molecule has 1 atom stereocenters. The molecule has 32 heavy (non-hydrogen) atoms. The van der Waals surface area contributed by atoms with Gasteiger partial charge in [0.25, 0.3) is 5.91 Å². The van der Waals surface area contributed by atoms with Crippen LogP contribution in [0.4, 0.5) is 0 Å². The second-order valence-electron chi connectivity index (χ2n) is 8.67. The summed E-state index contributed by atoms with van der Waals surface area (Å²) in [5.74, 6) is 1.13. The van der Waals surface area contributed by atoms with Gasteiger partial charge in [-0.3, -0.25) is 14.5 Å². The van der Waals surface area contributed by atoms with E-state index in [1.165, 1.54) is 31.1 Å². The molecule has 1 N–H and O–H groups in total. The Kier molecular flexibility index (Phi) is 7.47. The molecule has 2 aromatic rings. The maximum absolute atomic E-state index is 13.0. The first-order valence-corrected chi connectivity index (χ1v) is 11.6. The van der Waals surface area contributed by atoms with E-state index in [4.69, 9.17) is 9.15 Å². The molecule has 0 radical (unpaired) electrons. The first kappa shape index (κ1) is 22.4. The fourth-order valence-electron chi connectivity index (χ4n) is 4.76. The number of methoxy groups -OCH3 is 1. The van der Waals surface area contributed by atoms with Crippen LogP contribution in [0.15, 0.2) is 47.1 Å². The van der Waals surface area contributed by atoms with Crippen molar-refractivity contribution in [1.29, 1.82) is 0 Å². The highest BCUT2D eigenvalue weighted by molar-refractivity contribution is 5.91. The Morgan fingerprint density at radius 3 is 2.41 bits per heavy atom. The predicted molar refractivity (Wildman–Crippen MR) is 122 cm³/mol. The summed E-state index contributed by atoms with van der Waals surface area (Å²) in [5, 5.41) is 3.21. The van der Waals surface area contributed by atoms with Crippen LogP contribution in [0.1, 0.15) is 54.3 Å². The van der Waals surface area contributed by atoms with Gasteiger partial charge in [-0.05, 0) is 68.6 Å². The molecule has 0 bridgehead atoms. The van der Waals surface area contributed by atoms with Crippen molar-refractivity contribution in [2.24, 2.45) is 5.92 Å². The quantitative estimate of drug-likeness (QED) is 0.715. The molecule has 0 spiro atoms. The number of amides is 2. The monoisotopic (exact) mass is 439 g/mol. The second kappa shape index (κ2) is 10.7. The smallest absolute Gasteiger partial charge is 0.289 e. The highest BCUT2D eigenvalue weighted by atomic mass is 16.5. The zero-order valence-corrected chi connectivity index (χ0v) is 18.8. The van der Waals surface area contributed by atoms with Crippen LogP contribution in [0.2, 0.25) is 0 Å². The van der Waals surface area contributed by atoms with Gasteiger partial charge in [-0.15, -0.1) is 0 Å². The van der Waals surface area contributed by atoms with Gasteiger partial charge in [0.15, 0.2) is 5.76 Å². The van der Waals surface area contributed by atoms with Crippen molar-refractivity contribution < 1.29 is 18.7 Å². The second-order valence-corrected chi connectivity index (χ2v) is 8.67. The van der Waals surface area contributed by atoms with E-state index < -0.39 is 0 Å². The molecular formula is C25H33N3O4. The molecule has 3 heterocycles. The van der Waals surface area contributed by atoms with E-state index in [9.17, 15) is 9.59 Å². The van der Waals surface area contributed by atoms with Crippen molar-refractivity contribution in [2.75, 3.05) is 39.8 Å². The number of hydrogen-bond acceptors (Lipinski definition) is 5. The van der Waals surface area contributed by atoms with E-state index in [0.29, 0.717) is 38.2 Å². The average molecular weight is 440 g/mol. The predicted octanol–water partition coefficient (Wildman–Crippen LogP) is 3.48. The topological polar surface area (TPSA) is 75.0 Å². The van der Waals surface area contributed by atoms with E-state index in [0.717, 1.165) is 18.8 Å². The lowest BCUT2D eigenvalue weighted by Crippen LogP contribution is -2.45. The average Bonchev–Trinajstić information content (AvgIpc) is 3.40. The Labute approximate surface area is 189 Å². The van der Waals surface area contributed by atoms with Crippen molar-refractivity contribution in [3.8, 4) is 5.75 Å². The van der Waals surface area contributed by atoms with Crippen LogP contribution >= 0.6 is 0 Å². The SMILES string of the molecule is COc1ccc([C@H](CNC(=O)C2CCN(C(=O)c3ccco3)CC2)N2CCCCC2)cc1. The van der Waals surface area contributed by atoms with Gasteiger partial charge in [-0.1, -0.05) is 18.6 Å². The molecule has 2 aliphatic rings. The molecule has 2 aliphatic heterocycles. The van der Waals surface area contributed by atoms with Crippen LogP contribution in [0.25, 0.3) is 0 Å². The summed E-state index contributed by atoms with van der Waals surface area (Å²) in [6, 6.07) is 11.7. The zero-order chi connectivity index (χ0) is 22.3. The van der Waals surface area contributed by atoms with Crippen molar-refractivity contribution in [2.45, 2.75) is 38.1 Å². The van der Waals surface area contributed by atoms with Gasteiger partial charge < -0.3 is 19.4 Å². The maximum Gasteiger partial charge on any atom is 0.289 e. The fraction of sp³-hybridized carbons (Fsp3) is 0.520. The molecular weight excluding hydrogens is 406 g/mol. The van der Waals surface area contributed by atoms with E-state index in [-0.39, 0.29) is 23.8 Å². The molecule has 7 heteroatoms. The van der Waals surface area contributed by atoms with Gasteiger partial charge in [0.2, 0.25) is 5.91 Å². The van der Waals surface area contributed by atoms with E-state index in [1.807, 2.05) is 12.1 Å². The molecule has 0 aliphatic carbocycles. The first-order valence-electron chi connectivity index (χ1n) is 11.6. The Morgan fingerprint density at radius 2 is 1.78 bits per heavy atom. The molecule has 7 nitrogen and oxygen atoms in total. The maximum atomic E-state index is 13.0. The number of rotatable bonds is 7. The van der Waals surface area contributed by atoms with E-state index >= 15 is 0 Å². The van der Waals surface area contributed by atoms with E-state index in [2.05, 4.69) is 22.3 Å². The number of likely N-dealkylation sites (tertiary alicyclic amines) is 2. The first-order chi connectivity index (χ1) is 15.7. The number of carbonyl (C=O) groups is 2. The van der Waals surface area contributed by atoms with Gasteiger partial charge in [-0.25, -0.2) is 0 Å². The van der Waals surface area contributed by atoms with E-state index in [1.54, 1.807) is 24.1 Å². The van der Waals surface area contributed by atoms with Crippen LogP contribution in [0, 0.1) is 5.92 Å². The lowest BCUT2D eigenvalue weighted by Gasteiger charge is -2.36. The van der Waals surface area contributed by atoms with Crippen LogP contribution in [-0.2, 0) is 4.79 Å². The number of nitrogens with zero attached hydrogens (tertiary/aromatic N) is 2.